The Morgan fingerprint density at radius 1 is 1.18 bits per heavy atom. The Labute approximate surface area is 104 Å². The fourth-order valence-corrected chi connectivity index (χ4v) is 3.32. The highest BCUT2D eigenvalue weighted by molar-refractivity contribution is 8.00. The van der Waals surface area contributed by atoms with Crippen molar-refractivity contribution < 1.29 is 14.3 Å². The first-order valence-corrected chi connectivity index (χ1v) is 6.68. The van der Waals surface area contributed by atoms with Gasteiger partial charge >= 0.3 is 5.97 Å². The van der Waals surface area contributed by atoms with Crippen molar-refractivity contribution in [3.63, 3.8) is 0 Å². The van der Waals surface area contributed by atoms with E-state index in [0.717, 1.165) is 30.6 Å². The van der Waals surface area contributed by atoms with Crippen molar-refractivity contribution in [1.29, 1.82) is 0 Å². The van der Waals surface area contributed by atoms with E-state index in [1.165, 1.54) is 12.1 Å². The van der Waals surface area contributed by atoms with Crippen LogP contribution in [0, 0.1) is 11.7 Å². The summed E-state index contributed by atoms with van der Waals surface area (Å²) in [7, 11) is 0. The van der Waals surface area contributed by atoms with Crippen molar-refractivity contribution in [2.45, 2.75) is 35.8 Å². The summed E-state index contributed by atoms with van der Waals surface area (Å²) >= 11 is 1.73. The molecule has 0 amide bonds. The zero-order valence-corrected chi connectivity index (χ0v) is 10.3. The van der Waals surface area contributed by atoms with Crippen LogP contribution in [0.3, 0.4) is 0 Å². The van der Waals surface area contributed by atoms with Gasteiger partial charge in [-0.2, -0.15) is 0 Å². The first kappa shape index (κ1) is 12.4. The van der Waals surface area contributed by atoms with Gasteiger partial charge in [-0.05, 0) is 49.9 Å². The van der Waals surface area contributed by atoms with E-state index in [9.17, 15) is 9.18 Å². The Kier molecular flexibility index (Phi) is 4.05. The minimum Gasteiger partial charge on any atom is -0.481 e. The molecular weight excluding hydrogens is 239 g/mol. The lowest BCUT2D eigenvalue weighted by Crippen LogP contribution is -2.22. The van der Waals surface area contributed by atoms with Gasteiger partial charge in [-0.15, -0.1) is 11.8 Å². The third-order valence-electron chi connectivity index (χ3n) is 3.14. The van der Waals surface area contributed by atoms with Gasteiger partial charge in [0.05, 0.1) is 5.92 Å². The first-order chi connectivity index (χ1) is 8.15. The summed E-state index contributed by atoms with van der Waals surface area (Å²) in [5.41, 5.74) is 0. The largest absolute Gasteiger partial charge is 0.481 e. The molecular formula is C13H15FO2S. The molecule has 1 aromatic rings. The van der Waals surface area contributed by atoms with E-state index in [0.29, 0.717) is 5.25 Å². The molecule has 0 radical (unpaired) electrons. The molecule has 2 nitrogen and oxygen atoms in total. The summed E-state index contributed by atoms with van der Waals surface area (Å²) in [6.07, 6.45) is 3.38. The fourth-order valence-electron chi connectivity index (χ4n) is 2.13. The lowest BCUT2D eigenvalue weighted by atomic mass is 9.89. The van der Waals surface area contributed by atoms with Gasteiger partial charge in [0.1, 0.15) is 5.82 Å². The maximum Gasteiger partial charge on any atom is 0.306 e. The van der Waals surface area contributed by atoms with E-state index < -0.39 is 5.97 Å². The quantitative estimate of drug-likeness (QED) is 0.896. The van der Waals surface area contributed by atoms with Crippen molar-refractivity contribution >= 4 is 17.7 Å². The molecule has 0 bridgehead atoms. The minimum absolute atomic E-state index is 0.167. The third-order valence-corrected chi connectivity index (χ3v) is 4.49. The number of carboxylic acid groups (broad SMARTS) is 1. The number of halogens is 1. The topological polar surface area (TPSA) is 37.3 Å². The molecule has 0 heterocycles. The van der Waals surface area contributed by atoms with Gasteiger partial charge in [-0.3, -0.25) is 4.79 Å². The van der Waals surface area contributed by atoms with Crippen LogP contribution in [0.5, 0.6) is 0 Å². The average molecular weight is 254 g/mol. The fraction of sp³-hybridized carbons (Fsp3) is 0.462. The highest BCUT2D eigenvalue weighted by atomic mass is 32.2. The van der Waals surface area contributed by atoms with Crippen LogP contribution < -0.4 is 0 Å². The van der Waals surface area contributed by atoms with Crippen molar-refractivity contribution in [3.05, 3.63) is 30.1 Å². The molecule has 0 unspecified atom stereocenters. The van der Waals surface area contributed by atoms with Gasteiger partial charge in [0.25, 0.3) is 0 Å². The molecule has 1 fully saturated rings. The molecule has 17 heavy (non-hydrogen) atoms. The second kappa shape index (κ2) is 5.54. The van der Waals surface area contributed by atoms with E-state index in [4.69, 9.17) is 5.11 Å². The van der Waals surface area contributed by atoms with Crippen LogP contribution in [0.15, 0.2) is 29.2 Å². The number of carbonyl (C=O) groups is 1. The summed E-state index contributed by atoms with van der Waals surface area (Å²) in [6, 6.07) is 6.49. The molecule has 0 saturated heterocycles. The van der Waals surface area contributed by atoms with E-state index in [-0.39, 0.29) is 11.7 Å². The van der Waals surface area contributed by atoms with E-state index >= 15 is 0 Å². The maximum absolute atomic E-state index is 12.7. The predicted molar refractivity (Wildman–Crippen MR) is 65.6 cm³/mol. The normalized spacial score (nSPS) is 24.5. The molecule has 1 N–H and O–H groups in total. The summed E-state index contributed by atoms with van der Waals surface area (Å²) < 4.78 is 12.7. The van der Waals surface area contributed by atoms with Crippen LogP contribution in [-0.2, 0) is 4.79 Å². The molecule has 0 aliphatic heterocycles. The Morgan fingerprint density at radius 3 is 2.29 bits per heavy atom. The van der Waals surface area contributed by atoms with Crippen LogP contribution in [-0.4, -0.2) is 16.3 Å². The summed E-state index contributed by atoms with van der Waals surface area (Å²) in [6.45, 7) is 0. The molecule has 1 aromatic carbocycles. The van der Waals surface area contributed by atoms with E-state index in [2.05, 4.69) is 0 Å². The summed E-state index contributed by atoms with van der Waals surface area (Å²) in [5.74, 6) is -1.06. The number of benzene rings is 1. The number of rotatable bonds is 3. The van der Waals surface area contributed by atoms with Crippen molar-refractivity contribution in [2.24, 2.45) is 5.92 Å². The first-order valence-electron chi connectivity index (χ1n) is 5.80. The summed E-state index contributed by atoms with van der Waals surface area (Å²) in [5, 5.41) is 9.36. The van der Waals surface area contributed by atoms with Crippen LogP contribution in [0.25, 0.3) is 0 Å². The van der Waals surface area contributed by atoms with Gasteiger partial charge in [-0.1, -0.05) is 0 Å². The number of aliphatic carboxylic acids is 1. The molecule has 0 atom stereocenters. The van der Waals surface area contributed by atoms with Crippen molar-refractivity contribution in [1.82, 2.24) is 0 Å². The van der Waals surface area contributed by atoms with Crippen LogP contribution >= 0.6 is 11.8 Å². The predicted octanol–water partition coefficient (Wildman–Crippen LogP) is 3.56. The summed E-state index contributed by atoms with van der Waals surface area (Å²) in [4.78, 5) is 11.9. The Balaban J connectivity index is 1.85. The smallest absolute Gasteiger partial charge is 0.306 e. The standard InChI is InChI=1S/C13H15FO2S/c14-10-3-7-12(8-4-10)17-11-5-1-9(2-6-11)13(15)16/h3-4,7-9,11H,1-2,5-6H2,(H,15,16). The molecule has 2 rings (SSSR count). The zero-order valence-electron chi connectivity index (χ0n) is 9.43. The molecule has 0 aromatic heterocycles. The van der Waals surface area contributed by atoms with Gasteiger partial charge in [0.2, 0.25) is 0 Å². The second-order valence-electron chi connectivity index (χ2n) is 4.38. The van der Waals surface area contributed by atoms with Crippen LogP contribution in [0.1, 0.15) is 25.7 Å². The maximum atomic E-state index is 12.7. The molecule has 1 saturated carbocycles. The van der Waals surface area contributed by atoms with Gasteiger partial charge < -0.3 is 5.11 Å². The number of carboxylic acids is 1. The number of hydrogen-bond donors (Lipinski definition) is 1. The van der Waals surface area contributed by atoms with Crippen LogP contribution in [0.2, 0.25) is 0 Å². The second-order valence-corrected chi connectivity index (χ2v) is 5.76. The van der Waals surface area contributed by atoms with Gasteiger partial charge in [0.15, 0.2) is 0 Å². The van der Waals surface area contributed by atoms with Crippen molar-refractivity contribution in [2.75, 3.05) is 0 Å². The molecule has 4 heteroatoms. The van der Waals surface area contributed by atoms with E-state index in [1.807, 2.05) is 0 Å². The monoisotopic (exact) mass is 254 g/mol. The zero-order chi connectivity index (χ0) is 12.3. The highest BCUT2D eigenvalue weighted by Gasteiger charge is 2.26. The lowest BCUT2D eigenvalue weighted by molar-refractivity contribution is -0.142. The Morgan fingerprint density at radius 2 is 1.76 bits per heavy atom. The molecule has 0 spiro atoms. The molecule has 1 aliphatic carbocycles. The minimum atomic E-state index is -0.671. The lowest BCUT2D eigenvalue weighted by Gasteiger charge is -2.25. The van der Waals surface area contributed by atoms with E-state index in [1.54, 1.807) is 23.9 Å². The third kappa shape index (κ3) is 3.46. The van der Waals surface area contributed by atoms with Crippen LogP contribution in [0.4, 0.5) is 4.39 Å². The SMILES string of the molecule is O=C(O)C1CCC(Sc2ccc(F)cc2)CC1. The van der Waals surface area contributed by atoms with Gasteiger partial charge in [0, 0.05) is 10.1 Å². The number of hydrogen-bond acceptors (Lipinski definition) is 2. The average Bonchev–Trinajstić information content (AvgIpc) is 2.33. The Hall–Kier alpha value is -1.03. The highest BCUT2D eigenvalue weighted by Crippen LogP contribution is 2.35. The van der Waals surface area contributed by atoms with Crippen molar-refractivity contribution in [3.8, 4) is 0 Å². The molecule has 1 aliphatic rings. The molecule has 92 valence electrons. The van der Waals surface area contributed by atoms with Gasteiger partial charge in [-0.25, -0.2) is 4.39 Å². The number of thioether (sulfide) groups is 1. The Bertz CT molecular complexity index is 383.